The molecule has 1 N–H and O–H groups in total. The maximum atomic E-state index is 9.33. The molecule has 2 aromatic rings. The number of aromatic nitrogens is 3. The molecule has 0 aliphatic carbocycles. The van der Waals surface area contributed by atoms with Crippen molar-refractivity contribution >= 4 is 11.2 Å². The normalized spacial score (nSPS) is 20.6. The van der Waals surface area contributed by atoms with E-state index in [1.165, 1.54) is 19.4 Å². The van der Waals surface area contributed by atoms with Gasteiger partial charge in [0.2, 0.25) is 0 Å². The zero-order valence-corrected chi connectivity index (χ0v) is 12.0. The molecular formula is C15H22N4O. The molecule has 20 heavy (non-hydrogen) atoms. The standard InChI is InChI=1S/C15H22N4O/c1-2-18-8-4-5-12(11-18)14-17-13-6-3-7-16-15(13)19(14)9-10-20/h3,6-7,12,20H,2,4-5,8-11H2,1H3. The number of hydrogen-bond acceptors (Lipinski definition) is 4. The Labute approximate surface area is 119 Å². The summed E-state index contributed by atoms with van der Waals surface area (Å²) in [7, 11) is 0. The molecular weight excluding hydrogens is 252 g/mol. The van der Waals surface area contributed by atoms with Gasteiger partial charge in [-0.1, -0.05) is 6.92 Å². The van der Waals surface area contributed by atoms with Crippen LogP contribution < -0.4 is 0 Å². The van der Waals surface area contributed by atoms with Crippen molar-refractivity contribution in [3.05, 3.63) is 24.2 Å². The second-order valence-electron chi connectivity index (χ2n) is 5.42. The SMILES string of the molecule is CCN1CCCC(c2nc3cccnc3n2CCO)C1. The molecule has 2 aromatic heterocycles. The van der Waals surface area contributed by atoms with Gasteiger partial charge in [-0.05, 0) is 38.1 Å². The van der Waals surface area contributed by atoms with E-state index in [0.717, 1.165) is 30.1 Å². The molecule has 0 aromatic carbocycles. The smallest absolute Gasteiger partial charge is 0.160 e. The average Bonchev–Trinajstić information content (AvgIpc) is 2.87. The Morgan fingerprint density at radius 2 is 2.35 bits per heavy atom. The van der Waals surface area contributed by atoms with Crippen molar-refractivity contribution in [2.24, 2.45) is 0 Å². The summed E-state index contributed by atoms with van der Waals surface area (Å²) in [4.78, 5) is 11.7. The van der Waals surface area contributed by atoms with E-state index in [-0.39, 0.29) is 6.61 Å². The maximum Gasteiger partial charge on any atom is 0.160 e. The maximum absolute atomic E-state index is 9.33. The molecule has 1 fully saturated rings. The van der Waals surface area contributed by atoms with Crippen LogP contribution in [0.25, 0.3) is 11.2 Å². The van der Waals surface area contributed by atoms with Crippen LogP contribution in [0.15, 0.2) is 18.3 Å². The van der Waals surface area contributed by atoms with E-state index in [4.69, 9.17) is 4.98 Å². The van der Waals surface area contributed by atoms with Crippen LogP contribution in [0.5, 0.6) is 0 Å². The first-order valence-electron chi connectivity index (χ1n) is 7.47. The van der Waals surface area contributed by atoms with Crippen LogP contribution in [-0.2, 0) is 6.54 Å². The summed E-state index contributed by atoms with van der Waals surface area (Å²) < 4.78 is 2.10. The van der Waals surface area contributed by atoms with Crippen LogP contribution in [0, 0.1) is 0 Å². The summed E-state index contributed by atoms with van der Waals surface area (Å²) in [6, 6.07) is 3.92. The number of nitrogens with zero attached hydrogens (tertiary/aromatic N) is 4. The van der Waals surface area contributed by atoms with Crippen molar-refractivity contribution < 1.29 is 5.11 Å². The summed E-state index contributed by atoms with van der Waals surface area (Å²) in [5.74, 6) is 1.54. The van der Waals surface area contributed by atoms with E-state index in [9.17, 15) is 5.11 Å². The Balaban J connectivity index is 1.99. The van der Waals surface area contributed by atoms with E-state index in [1.807, 2.05) is 12.1 Å². The minimum Gasteiger partial charge on any atom is -0.395 e. The Bertz CT molecular complexity index is 580. The Kier molecular flexibility index (Phi) is 3.98. The lowest BCUT2D eigenvalue weighted by Gasteiger charge is -2.31. The number of likely N-dealkylation sites (tertiary alicyclic amines) is 1. The van der Waals surface area contributed by atoms with Crippen LogP contribution in [0.4, 0.5) is 0 Å². The fourth-order valence-corrected chi connectivity index (χ4v) is 3.16. The number of hydrogen-bond donors (Lipinski definition) is 1. The molecule has 3 rings (SSSR count). The number of piperidine rings is 1. The second-order valence-corrected chi connectivity index (χ2v) is 5.42. The van der Waals surface area contributed by atoms with Gasteiger partial charge in [-0.2, -0.15) is 0 Å². The fraction of sp³-hybridized carbons (Fsp3) is 0.600. The van der Waals surface area contributed by atoms with Gasteiger partial charge in [0.1, 0.15) is 11.3 Å². The Morgan fingerprint density at radius 1 is 1.45 bits per heavy atom. The highest BCUT2D eigenvalue weighted by molar-refractivity contribution is 5.71. The number of imidazole rings is 1. The lowest BCUT2D eigenvalue weighted by Crippen LogP contribution is -2.35. The van der Waals surface area contributed by atoms with Gasteiger partial charge in [0.05, 0.1) is 6.61 Å². The second kappa shape index (κ2) is 5.89. The highest BCUT2D eigenvalue weighted by atomic mass is 16.3. The number of aliphatic hydroxyl groups excluding tert-OH is 1. The van der Waals surface area contributed by atoms with Crippen molar-refractivity contribution in [1.29, 1.82) is 0 Å². The largest absolute Gasteiger partial charge is 0.395 e. The first-order chi connectivity index (χ1) is 9.83. The first kappa shape index (κ1) is 13.5. The minimum absolute atomic E-state index is 0.124. The molecule has 1 aliphatic rings. The van der Waals surface area contributed by atoms with E-state index >= 15 is 0 Å². The molecule has 1 aliphatic heterocycles. The number of likely N-dealkylation sites (N-methyl/N-ethyl adjacent to an activating group) is 1. The summed E-state index contributed by atoms with van der Waals surface area (Å²) in [5.41, 5.74) is 1.83. The molecule has 0 amide bonds. The predicted molar refractivity (Wildman–Crippen MR) is 78.7 cm³/mol. The molecule has 1 unspecified atom stereocenters. The molecule has 0 radical (unpaired) electrons. The van der Waals surface area contributed by atoms with E-state index in [2.05, 4.69) is 21.4 Å². The van der Waals surface area contributed by atoms with E-state index < -0.39 is 0 Å². The third kappa shape index (κ3) is 2.43. The van der Waals surface area contributed by atoms with Crippen molar-refractivity contribution in [2.75, 3.05) is 26.2 Å². The van der Waals surface area contributed by atoms with Crippen molar-refractivity contribution in [3.8, 4) is 0 Å². The Hall–Kier alpha value is -1.46. The molecule has 1 atom stereocenters. The van der Waals surface area contributed by atoms with Crippen molar-refractivity contribution in [3.63, 3.8) is 0 Å². The molecule has 1 saturated heterocycles. The van der Waals surface area contributed by atoms with Gasteiger partial charge in [-0.15, -0.1) is 0 Å². The molecule has 3 heterocycles. The van der Waals surface area contributed by atoms with Gasteiger partial charge in [0.25, 0.3) is 0 Å². The zero-order valence-electron chi connectivity index (χ0n) is 12.0. The monoisotopic (exact) mass is 274 g/mol. The van der Waals surface area contributed by atoms with Gasteiger partial charge in [-0.25, -0.2) is 9.97 Å². The van der Waals surface area contributed by atoms with Gasteiger partial charge in [0.15, 0.2) is 5.65 Å². The summed E-state index contributed by atoms with van der Waals surface area (Å²) in [6.07, 6.45) is 4.18. The molecule has 5 nitrogen and oxygen atoms in total. The van der Waals surface area contributed by atoms with Crippen molar-refractivity contribution in [2.45, 2.75) is 32.2 Å². The van der Waals surface area contributed by atoms with Crippen LogP contribution in [-0.4, -0.2) is 50.8 Å². The highest BCUT2D eigenvalue weighted by Gasteiger charge is 2.25. The van der Waals surface area contributed by atoms with E-state index in [0.29, 0.717) is 12.5 Å². The molecule has 0 bridgehead atoms. The van der Waals surface area contributed by atoms with Crippen LogP contribution in [0.2, 0.25) is 0 Å². The molecule has 108 valence electrons. The molecule has 5 heteroatoms. The topological polar surface area (TPSA) is 54.2 Å². The zero-order chi connectivity index (χ0) is 13.9. The third-order valence-corrected chi connectivity index (χ3v) is 4.17. The van der Waals surface area contributed by atoms with Gasteiger partial charge in [0, 0.05) is 25.2 Å². The number of aliphatic hydroxyl groups is 1. The Morgan fingerprint density at radius 3 is 3.15 bits per heavy atom. The van der Waals surface area contributed by atoms with Crippen LogP contribution in [0.1, 0.15) is 31.5 Å². The van der Waals surface area contributed by atoms with Gasteiger partial charge >= 0.3 is 0 Å². The van der Waals surface area contributed by atoms with Crippen molar-refractivity contribution in [1.82, 2.24) is 19.4 Å². The van der Waals surface area contributed by atoms with Crippen LogP contribution in [0.3, 0.4) is 0 Å². The quantitative estimate of drug-likeness (QED) is 0.920. The lowest BCUT2D eigenvalue weighted by atomic mass is 9.97. The first-order valence-corrected chi connectivity index (χ1v) is 7.47. The highest BCUT2D eigenvalue weighted by Crippen LogP contribution is 2.28. The fourth-order valence-electron chi connectivity index (χ4n) is 3.16. The lowest BCUT2D eigenvalue weighted by molar-refractivity contribution is 0.209. The average molecular weight is 274 g/mol. The predicted octanol–water partition coefficient (Wildman–Crippen LogP) is 1.62. The minimum atomic E-state index is 0.124. The summed E-state index contributed by atoms with van der Waals surface area (Å²) in [6.45, 7) is 6.25. The van der Waals surface area contributed by atoms with E-state index in [1.54, 1.807) is 6.20 Å². The number of fused-ring (bicyclic) bond motifs is 1. The number of pyridine rings is 1. The van der Waals surface area contributed by atoms with Gasteiger partial charge in [-0.3, -0.25) is 0 Å². The third-order valence-electron chi connectivity index (χ3n) is 4.17. The van der Waals surface area contributed by atoms with Crippen LogP contribution >= 0.6 is 0 Å². The van der Waals surface area contributed by atoms with Gasteiger partial charge < -0.3 is 14.6 Å². The summed E-state index contributed by atoms with van der Waals surface area (Å²) >= 11 is 0. The number of rotatable bonds is 4. The molecule has 0 spiro atoms. The molecule has 0 saturated carbocycles. The summed E-state index contributed by atoms with van der Waals surface area (Å²) in [5, 5.41) is 9.33.